The summed E-state index contributed by atoms with van der Waals surface area (Å²) in [5.74, 6) is 0.689. The molecule has 0 unspecified atom stereocenters. The first-order valence-electron chi connectivity index (χ1n) is 7.14. The molecule has 0 aromatic heterocycles. The van der Waals surface area contributed by atoms with E-state index in [1.165, 1.54) is 5.56 Å². The second-order valence-corrected chi connectivity index (χ2v) is 6.33. The molecule has 0 saturated heterocycles. The smallest absolute Gasteiger partial charge is 0.260 e. The largest absolute Gasteiger partial charge is 0.484 e. The van der Waals surface area contributed by atoms with Gasteiger partial charge in [-0.25, -0.2) is 0 Å². The average molecular weight is 362 g/mol. The molecule has 116 valence electrons. The van der Waals surface area contributed by atoms with Gasteiger partial charge in [-0.2, -0.15) is 0 Å². The number of carbonyl (C=O) groups is 1. The zero-order valence-electron chi connectivity index (χ0n) is 13.1. The number of hydrogen-bond donors (Lipinski definition) is 0. The fourth-order valence-electron chi connectivity index (χ4n) is 2.01. The molecule has 0 N–H and O–H groups in total. The van der Waals surface area contributed by atoms with E-state index in [1.807, 2.05) is 49.4 Å². The molecule has 22 heavy (non-hydrogen) atoms. The van der Waals surface area contributed by atoms with Gasteiger partial charge in [0.15, 0.2) is 6.61 Å². The highest BCUT2D eigenvalue weighted by molar-refractivity contribution is 9.10. The molecular formula is C18H20BrNO2. The van der Waals surface area contributed by atoms with E-state index in [-0.39, 0.29) is 12.5 Å². The molecule has 2 aromatic rings. The molecule has 0 saturated carbocycles. The van der Waals surface area contributed by atoms with Crippen LogP contribution in [-0.4, -0.2) is 24.5 Å². The summed E-state index contributed by atoms with van der Waals surface area (Å²) < 4.78 is 6.61. The van der Waals surface area contributed by atoms with Gasteiger partial charge in [-0.1, -0.05) is 34.1 Å². The first kappa shape index (κ1) is 16.6. The Morgan fingerprint density at radius 2 is 1.77 bits per heavy atom. The maximum Gasteiger partial charge on any atom is 0.260 e. The summed E-state index contributed by atoms with van der Waals surface area (Å²) in [4.78, 5) is 13.8. The Bertz CT molecular complexity index is 653. The second-order valence-electron chi connectivity index (χ2n) is 5.41. The van der Waals surface area contributed by atoms with Crippen LogP contribution in [0.2, 0.25) is 0 Å². The molecule has 2 aromatic carbocycles. The lowest BCUT2D eigenvalue weighted by atomic mass is 10.1. The summed E-state index contributed by atoms with van der Waals surface area (Å²) in [5.41, 5.74) is 3.46. The minimum atomic E-state index is -0.0406. The van der Waals surface area contributed by atoms with Crippen LogP contribution in [0.25, 0.3) is 0 Å². The van der Waals surface area contributed by atoms with Gasteiger partial charge < -0.3 is 9.64 Å². The van der Waals surface area contributed by atoms with E-state index in [1.54, 1.807) is 11.9 Å². The molecule has 0 radical (unpaired) electrons. The van der Waals surface area contributed by atoms with Gasteiger partial charge in [0.05, 0.1) is 0 Å². The van der Waals surface area contributed by atoms with Crippen molar-refractivity contribution in [2.24, 2.45) is 0 Å². The molecule has 0 atom stereocenters. The Morgan fingerprint density at radius 3 is 2.41 bits per heavy atom. The molecule has 0 heterocycles. The minimum Gasteiger partial charge on any atom is -0.484 e. The Labute approximate surface area is 140 Å². The molecule has 2 rings (SSSR count). The van der Waals surface area contributed by atoms with Crippen LogP contribution < -0.4 is 4.74 Å². The summed E-state index contributed by atoms with van der Waals surface area (Å²) in [6.45, 7) is 4.71. The highest BCUT2D eigenvalue weighted by Gasteiger charge is 2.10. The number of nitrogens with zero attached hydrogens (tertiary/aromatic N) is 1. The van der Waals surface area contributed by atoms with Crippen LogP contribution in [0.1, 0.15) is 16.7 Å². The predicted octanol–water partition coefficient (Wildman–Crippen LogP) is 4.10. The molecular weight excluding hydrogens is 342 g/mol. The highest BCUT2D eigenvalue weighted by atomic mass is 79.9. The van der Waals surface area contributed by atoms with Crippen molar-refractivity contribution in [3.8, 4) is 5.75 Å². The van der Waals surface area contributed by atoms with E-state index in [2.05, 4.69) is 22.9 Å². The predicted molar refractivity (Wildman–Crippen MR) is 92.0 cm³/mol. The monoisotopic (exact) mass is 361 g/mol. The van der Waals surface area contributed by atoms with Crippen molar-refractivity contribution in [3.05, 3.63) is 63.6 Å². The third kappa shape index (κ3) is 4.60. The van der Waals surface area contributed by atoms with Crippen molar-refractivity contribution < 1.29 is 9.53 Å². The molecule has 0 aliphatic rings. The average Bonchev–Trinajstić information content (AvgIpc) is 2.50. The van der Waals surface area contributed by atoms with E-state index >= 15 is 0 Å². The van der Waals surface area contributed by atoms with E-state index in [0.717, 1.165) is 21.3 Å². The van der Waals surface area contributed by atoms with Gasteiger partial charge in [-0.15, -0.1) is 0 Å². The number of rotatable bonds is 5. The number of hydrogen-bond acceptors (Lipinski definition) is 2. The molecule has 4 heteroatoms. The van der Waals surface area contributed by atoms with Gasteiger partial charge in [0.1, 0.15) is 5.75 Å². The first-order chi connectivity index (χ1) is 10.5. The van der Waals surface area contributed by atoms with Crippen molar-refractivity contribution in [1.82, 2.24) is 4.90 Å². The fraction of sp³-hybridized carbons (Fsp3) is 0.278. The van der Waals surface area contributed by atoms with Crippen LogP contribution in [0.15, 0.2) is 46.9 Å². The summed E-state index contributed by atoms with van der Waals surface area (Å²) in [5, 5.41) is 0. The molecule has 1 amide bonds. The second kappa shape index (κ2) is 7.45. The lowest BCUT2D eigenvalue weighted by Crippen LogP contribution is -2.30. The number of benzene rings is 2. The van der Waals surface area contributed by atoms with E-state index in [0.29, 0.717) is 6.54 Å². The quantitative estimate of drug-likeness (QED) is 0.801. The lowest BCUT2D eigenvalue weighted by molar-refractivity contribution is -0.132. The van der Waals surface area contributed by atoms with E-state index in [4.69, 9.17) is 4.74 Å². The molecule has 0 aliphatic carbocycles. The van der Waals surface area contributed by atoms with Crippen molar-refractivity contribution in [3.63, 3.8) is 0 Å². The fourth-order valence-corrected chi connectivity index (χ4v) is 2.28. The van der Waals surface area contributed by atoms with E-state index < -0.39 is 0 Å². The molecule has 0 aliphatic heterocycles. The maximum absolute atomic E-state index is 12.1. The summed E-state index contributed by atoms with van der Waals surface area (Å²) in [6.07, 6.45) is 0. The Kier molecular flexibility index (Phi) is 5.61. The van der Waals surface area contributed by atoms with Gasteiger partial charge in [0, 0.05) is 18.1 Å². The molecule has 3 nitrogen and oxygen atoms in total. The normalized spacial score (nSPS) is 10.4. The topological polar surface area (TPSA) is 29.5 Å². The van der Waals surface area contributed by atoms with Gasteiger partial charge in [-0.3, -0.25) is 4.79 Å². The molecule has 0 spiro atoms. The standard InChI is InChI=1S/C18H20BrNO2/c1-13-4-9-17(10-14(13)2)22-12-18(21)20(3)11-15-5-7-16(19)8-6-15/h4-10H,11-12H2,1-3H3. The lowest BCUT2D eigenvalue weighted by Gasteiger charge is -2.18. The van der Waals surface area contributed by atoms with Crippen LogP contribution in [-0.2, 0) is 11.3 Å². The van der Waals surface area contributed by atoms with Crippen molar-refractivity contribution in [2.45, 2.75) is 20.4 Å². The van der Waals surface area contributed by atoms with Crippen molar-refractivity contribution in [2.75, 3.05) is 13.7 Å². The van der Waals surface area contributed by atoms with Crippen LogP contribution in [0.3, 0.4) is 0 Å². The zero-order valence-corrected chi connectivity index (χ0v) is 14.7. The number of halogens is 1. The Morgan fingerprint density at radius 1 is 1.09 bits per heavy atom. The Hall–Kier alpha value is -1.81. The number of aryl methyl sites for hydroxylation is 2. The third-order valence-corrected chi connectivity index (χ3v) is 4.13. The van der Waals surface area contributed by atoms with Gasteiger partial charge >= 0.3 is 0 Å². The maximum atomic E-state index is 12.1. The van der Waals surface area contributed by atoms with Crippen LogP contribution in [0, 0.1) is 13.8 Å². The number of ether oxygens (including phenoxy) is 1. The summed E-state index contributed by atoms with van der Waals surface area (Å²) >= 11 is 3.40. The third-order valence-electron chi connectivity index (χ3n) is 3.60. The van der Waals surface area contributed by atoms with Gasteiger partial charge in [0.25, 0.3) is 5.91 Å². The van der Waals surface area contributed by atoms with E-state index in [9.17, 15) is 4.79 Å². The van der Waals surface area contributed by atoms with Gasteiger partial charge in [0.2, 0.25) is 0 Å². The SMILES string of the molecule is Cc1ccc(OCC(=O)N(C)Cc2ccc(Br)cc2)cc1C. The Balaban J connectivity index is 1.88. The minimum absolute atomic E-state index is 0.0406. The van der Waals surface area contributed by atoms with Gasteiger partial charge in [-0.05, 0) is 54.8 Å². The van der Waals surface area contributed by atoms with Crippen LogP contribution >= 0.6 is 15.9 Å². The number of likely N-dealkylation sites (N-methyl/N-ethyl adjacent to an activating group) is 1. The summed E-state index contributed by atoms with van der Waals surface area (Å²) in [6, 6.07) is 13.8. The molecule has 0 fully saturated rings. The highest BCUT2D eigenvalue weighted by Crippen LogP contribution is 2.16. The summed E-state index contributed by atoms with van der Waals surface area (Å²) in [7, 11) is 1.79. The number of amides is 1. The van der Waals surface area contributed by atoms with Crippen LogP contribution in [0.4, 0.5) is 0 Å². The number of carbonyl (C=O) groups excluding carboxylic acids is 1. The molecule has 0 bridgehead atoms. The zero-order chi connectivity index (χ0) is 16.1. The van der Waals surface area contributed by atoms with Crippen molar-refractivity contribution >= 4 is 21.8 Å². The first-order valence-corrected chi connectivity index (χ1v) is 7.93. The van der Waals surface area contributed by atoms with Crippen molar-refractivity contribution in [1.29, 1.82) is 0 Å². The van der Waals surface area contributed by atoms with Crippen LogP contribution in [0.5, 0.6) is 5.75 Å².